The van der Waals surface area contributed by atoms with Crippen LogP contribution in [0.4, 0.5) is 5.69 Å². The molecular weight excluding hydrogens is 474 g/mol. The van der Waals surface area contributed by atoms with Crippen molar-refractivity contribution in [3.63, 3.8) is 0 Å². The molecule has 0 unspecified atom stereocenters. The molecule has 0 radical (unpaired) electrons. The van der Waals surface area contributed by atoms with Crippen LogP contribution in [-0.2, 0) is 16.0 Å². The average molecular weight is 498 g/mol. The zero-order chi connectivity index (χ0) is 25.1. The van der Waals surface area contributed by atoms with Crippen molar-refractivity contribution in [1.29, 1.82) is 0 Å². The average Bonchev–Trinajstić information content (AvgIpc) is 3.40. The number of nitrogens with one attached hydrogen (secondary N) is 1. The first-order chi connectivity index (χ1) is 17.5. The van der Waals surface area contributed by atoms with E-state index in [-0.39, 0.29) is 0 Å². The van der Waals surface area contributed by atoms with Gasteiger partial charge in [-0.2, -0.15) is 0 Å². The van der Waals surface area contributed by atoms with Gasteiger partial charge in [0.15, 0.2) is 6.61 Å². The predicted octanol–water partition coefficient (Wildman–Crippen LogP) is 5.07. The number of pyridine rings is 1. The lowest BCUT2D eigenvalue weighted by Gasteiger charge is -2.22. The van der Waals surface area contributed by atoms with Gasteiger partial charge in [-0.3, -0.25) is 9.59 Å². The second-order valence-electron chi connectivity index (χ2n) is 8.44. The Balaban J connectivity index is 1.40. The van der Waals surface area contributed by atoms with Gasteiger partial charge in [0.2, 0.25) is 5.91 Å². The second kappa shape index (κ2) is 10.1. The van der Waals surface area contributed by atoms with Crippen LogP contribution in [0.15, 0.2) is 66.0 Å². The van der Waals surface area contributed by atoms with Crippen LogP contribution in [-0.4, -0.2) is 29.4 Å². The largest absolute Gasteiger partial charge is 0.452 e. The summed E-state index contributed by atoms with van der Waals surface area (Å²) in [7, 11) is 0. The molecule has 8 heteroatoms. The van der Waals surface area contributed by atoms with Crippen molar-refractivity contribution in [3.8, 4) is 0 Å². The molecule has 0 aliphatic heterocycles. The molecule has 3 N–H and O–H groups in total. The molecule has 2 amide bonds. The summed E-state index contributed by atoms with van der Waals surface area (Å²) in [5.41, 5.74) is 9.99. The number of thiophene rings is 1. The Hall–Kier alpha value is -4.30. The minimum atomic E-state index is -0.554. The number of allylic oxidation sites excluding steroid dienone is 1. The number of hydrogen-bond acceptors (Lipinski definition) is 6. The molecule has 36 heavy (non-hydrogen) atoms. The third-order valence-electron chi connectivity index (χ3n) is 6.02. The van der Waals surface area contributed by atoms with E-state index in [4.69, 9.17) is 15.5 Å². The number of carbonyl (C=O) groups excluding carboxylic acids is 3. The fourth-order valence-corrected chi connectivity index (χ4v) is 5.05. The van der Waals surface area contributed by atoms with E-state index in [0.29, 0.717) is 34.1 Å². The lowest BCUT2D eigenvalue weighted by molar-refractivity contribution is -0.119. The van der Waals surface area contributed by atoms with Gasteiger partial charge in [0.1, 0.15) is 0 Å². The van der Waals surface area contributed by atoms with Gasteiger partial charge in [0.25, 0.3) is 5.91 Å². The Labute approximate surface area is 211 Å². The van der Waals surface area contributed by atoms with Gasteiger partial charge in [0, 0.05) is 21.5 Å². The number of nitrogens with two attached hydrogens (primary N) is 1. The topological polar surface area (TPSA) is 111 Å². The molecule has 2 aromatic carbocycles. The van der Waals surface area contributed by atoms with Crippen LogP contribution in [0.25, 0.3) is 22.6 Å². The highest BCUT2D eigenvalue weighted by Crippen LogP contribution is 2.36. The van der Waals surface area contributed by atoms with Gasteiger partial charge < -0.3 is 15.8 Å². The summed E-state index contributed by atoms with van der Waals surface area (Å²) in [4.78, 5) is 43.0. The van der Waals surface area contributed by atoms with Crippen LogP contribution in [0.5, 0.6) is 0 Å². The Morgan fingerprint density at radius 2 is 1.83 bits per heavy atom. The number of benzene rings is 2. The predicted molar refractivity (Wildman–Crippen MR) is 141 cm³/mol. The van der Waals surface area contributed by atoms with Crippen molar-refractivity contribution < 1.29 is 19.1 Å². The molecule has 0 saturated heterocycles. The molecule has 0 saturated carbocycles. The van der Waals surface area contributed by atoms with E-state index in [0.717, 1.165) is 34.5 Å². The molecule has 180 valence electrons. The number of rotatable bonds is 6. The number of fused-ring (bicyclic) bond motifs is 2. The lowest BCUT2D eigenvalue weighted by Crippen LogP contribution is -2.22. The van der Waals surface area contributed by atoms with Crippen molar-refractivity contribution in [1.82, 2.24) is 4.98 Å². The summed E-state index contributed by atoms with van der Waals surface area (Å²) in [5.74, 6) is -1.59. The Bertz CT molecular complexity index is 1490. The zero-order valence-electron chi connectivity index (χ0n) is 19.3. The summed E-state index contributed by atoms with van der Waals surface area (Å²) in [6, 6.07) is 17.7. The van der Waals surface area contributed by atoms with Crippen molar-refractivity contribution >= 4 is 57.4 Å². The zero-order valence-corrected chi connectivity index (χ0v) is 20.1. The molecule has 0 spiro atoms. The first-order valence-corrected chi connectivity index (χ1v) is 12.4. The highest BCUT2D eigenvalue weighted by atomic mass is 32.1. The van der Waals surface area contributed by atoms with Gasteiger partial charge in [0.05, 0.1) is 16.8 Å². The first-order valence-electron chi connectivity index (χ1n) is 11.5. The maximum absolute atomic E-state index is 13.3. The van der Waals surface area contributed by atoms with Crippen LogP contribution in [0, 0.1) is 0 Å². The molecule has 0 atom stereocenters. The van der Waals surface area contributed by atoms with Gasteiger partial charge in [-0.25, -0.2) is 9.78 Å². The molecule has 2 aromatic heterocycles. The van der Waals surface area contributed by atoms with Gasteiger partial charge >= 0.3 is 5.97 Å². The minimum Gasteiger partial charge on any atom is -0.452 e. The molecular formula is C28H23N3O4S. The van der Waals surface area contributed by atoms with Gasteiger partial charge in [-0.15, -0.1) is 11.3 Å². The fourth-order valence-electron chi connectivity index (χ4n) is 4.37. The fraction of sp³-hybridized carbons (Fsp3) is 0.143. The molecule has 1 aliphatic rings. The van der Waals surface area contributed by atoms with E-state index < -0.39 is 24.4 Å². The first kappa shape index (κ1) is 23.4. The number of amides is 2. The maximum atomic E-state index is 13.3. The van der Waals surface area contributed by atoms with E-state index >= 15 is 0 Å². The third kappa shape index (κ3) is 4.89. The number of carbonyl (C=O) groups is 3. The number of nitrogens with zero attached hydrogens (tertiary/aromatic N) is 1. The SMILES string of the molecule is NC(=O)c1ccc(NC(=O)COC(=O)c2c3c(nc4ccccc24)/C(=C\c2cccs2)CCC3)cc1. The minimum absolute atomic E-state index is 0.335. The normalized spacial score (nSPS) is 13.8. The second-order valence-corrected chi connectivity index (χ2v) is 9.41. The molecule has 2 heterocycles. The number of para-hydroxylation sites is 1. The number of esters is 1. The molecule has 5 rings (SSSR count). The summed E-state index contributed by atoms with van der Waals surface area (Å²) in [6.45, 7) is -0.445. The van der Waals surface area contributed by atoms with E-state index in [1.807, 2.05) is 35.7 Å². The number of ether oxygens (including phenoxy) is 1. The Morgan fingerprint density at radius 3 is 2.58 bits per heavy atom. The Morgan fingerprint density at radius 1 is 1.03 bits per heavy atom. The Kier molecular flexibility index (Phi) is 6.60. The van der Waals surface area contributed by atoms with Crippen LogP contribution >= 0.6 is 11.3 Å². The quantitative estimate of drug-likeness (QED) is 0.362. The van der Waals surface area contributed by atoms with Crippen molar-refractivity contribution in [3.05, 3.63) is 93.3 Å². The summed E-state index contributed by atoms with van der Waals surface area (Å²) < 4.78 is 5.47. The van der Waals surface area contributed by atoms with Crippen molar-refractivity contribution in [2.75, 3.05) is 11.9 Å². The third-order valence-corrected chi connectivity index (χ3v) is 6.84. The number of primary amides is 1. The van der Waals surface area contributed by atoms with Gasteiger partial charge in [-0.05, 0) is 78.3 Å². The molecule has 0 fully saturated rings. The van der Waals surface area contributed by atoms with Crippen LogP contribution in [0.2, 0.25) is 0 Å². The summed E-state index contributed by atoms with van der Waals surface area (Å²) in [5, 5.41) is 5.40. The molecule has 0 bridgehead atoms. The van der Waals surface area contributed by atoms with E-state index in [2.05, 4.69) is 17.5 Å². The van der Waals surface area contributed by atoms with Crippen molar-refractivity contribution in [2.24, 2.45) is 5.73 Å². The molecule has 4 aromatic rings. The van der Waals surface area contributed by atoms with Crippen molar-refractivity contribution in [2.45, 2.75) is 19.3 Å². The summed E-state index contributed by atoms with van der Waals surface area (Å²) in [6.07, 6.45) is 4.61. The number of hydrogen-bond donors (Lipinski definition) is 2. The highest BCUT2D eigenvalue weighted by Gasteiger charge is 2.26. The summed E-state index contributed by atoms with van der Waals surface area (Å²) >= 11 is 1.66. The molecule has 1 aliphatic carbocycles. The smallest absolute Gasteiger partial charge is 0.339 e. The monoisotopic (exact) mass is 497 g/mol. The number of aromatic nitrogens is 1. The van der Waals surface area contributed by atoms with Crippen LogP contribution in [0.3, 0.4) is 0 Å². The van der Waals surface area contributed by atoms with E-state index in [1.165, 1.54) is 12.1 Å². The molecule has 7 nitrogen and oxygen atoms in total. The van der Waals surface area contributed by atoms with Crippen LogP contribution < -0.4 is 11.1 Å². The van der Waals surface area contributed by atoms with E-state index in [9.17, 15) is 14.4 Å². The lowest BCUT2D eigenvalue weighted by atomic mass is 9.86. The highest BCUT2D eigenvalue weighted by molar-refractivity contribution is 7.10. The van der Waals surface area contributed by atoms with Crippen LogP contribution in [0.1, 0.15) is 49.7 Å². The van der Waals surface area contributed by atoms with Gasteiger partial charge in [-0.1, -0.05) is 24.3 Å². The standard InChI is InChI=1S/C28H23N3O4S/c29-27(33)17-10-12-19(13-11-17)30-24(32)16-35-28(34)25-21-7-1-2-9-23(21)31-26-18(5-3-8-22(25)26)15-20-6-4-14-36-20/h1-2,4,6-7,9-15H,3,5,8,16H2,(H2,29,33)(H,30,32)/b18-15-. The maximum Gasteiger partial charge on any atom is 0.339 e. The number of anilines is 1. The van der Waals surface area contributed by atoms with E-state index in [1.54, 1.807) is 23.5 Å².